The Kier molecular flexibility index (Phi) is 3.61. The first-order chi connectivity index (χ1) is 8.20. The third-order valence-corrected chi connectivity index (χ3v) is 2.95. The first-order valence-corrected chi connectivity index (χ1v) is 6.20. The quantitative estimate of drug-likeness (QED) is 0.840. The third-order valence-electron chi connectivity index (χ3n) is 2.95. The lowest BCUT2D eigenvalue weighted by molar-refractivity contribution is -0.131. The zero-order valence-electron chi connectivity index (χ0n) is 10.2. The highest BCUT2D eigenvalue weighted by molar-refractivity contribution is 5.79. The number of nitrogen functional groups attached to an aromatic ring is 1. The maximum absolute atomic E-state index is 12.1. The number of hydrogen-bond acceptors (Lipinski definition) is 3. The van der Waals surface area contributed by atoms with Gasteiger partial charge in [-0.3, -0.25) is 9.78 Å². The van der Waals surface area contributed by atoms with Gasteiger partial charge in [0.15, 0.2) is 0 Å². The van der Waals surface area contributed by atoms with E-state index in [1.165, 1.54) is 0 Å². The molecule has 0 aromatic carbocycles. The molecule has 0 spiro atoms. The average Bonchev–Trinajstić information content (AvgIpc) is 3.13. The van der Waals surface area contributed by atoms with Crippen LogP contribution in [0.3, 0.4) is 0 Å². The topological polar surface area (TPSA) is 59.2 Å². The zero-order chi connectivity index (χ0) is 12.3. The Balaban J connectivity index is 1.96. The Labute approximate surface area is 102 Å². The monoisotopic (exact) mass is 233 g/mol. The van der Waals surface area contributed by atoms with Gasteiger partial charge in [0, 0.05) is 18.3 Å². The minimum atomic E-state index is 0.187. The average molecular weight is 233 g/mol. The van der Waals surface area contributed by atoms with Crippen molar-refractivity contribution < 1.29 is 4.79 Å². The number of pyridine rings is 1. The summed E-state index contributed by atoms with van der Waals surface area (Å²) in [5.74, 6) is 0.187. The fourth-order valence-corrected chi connectivity index (χ4v) is 1.94. The number of aromatic nitrogens is 1. The van der Waals surface area contributed by atoms with Crippen molar-refractivity contribution in [2.75, 3.05) is 12.3 Å². The van der Waals surface area contributed by atoms with E-state index in [4.69, 9.17) is 5.73 Å². The second-order valence-corrected chi connectivity index (χ2v) is 4.58. The number of hydrogen-bond donors (Lipinski definition) is 1. The third kappa shape index (κ3) is 3.19. The summed E-state index contributed by atoms with van der Waals surface area (Å²) < 4.78 is 0. The predicted molar refractivity (Wildman–Crippen MR) is 67.4 cm³/mol. The summed E-state index contributed by atoms with van der Waals surface area (Å²) in [4.78, 5) is 18.3. The van der Waals surface area contributed by atoms with E-state index in [-0.39, 0.29) is 5.91 Å². The Bertz CT molecular complexity index is 384. The fraction of sp³-hybridized carbons (Fsp3) is 0.538. The summed E-state index contributed by atoms with van der Waals surface area (Å²) in [6, 6.07) is 4.09. The van der Waals surface area contributed by atoms with Crippen molar-refractivity contribution in [2.24, 2.45) is 0 Å². The molecule has 1 aliphatic rings. The van der Waals surface area contributed by atoms with Crippen LogP contribution in [-0.4, -0.2) is 28.4 Å². The van der Waals surface area contributed by atoms with E-state index < -0.39 is 0 Å². The zero-order valence-corrected chi connectivity index (χ0v) is 10.2. The molecule has 1 aromatic rings. The van der Waals surface area contributed by atoms with E-state index in [1.54, 1.807) is 12.3 Å². The van der Waals surface area contributed by atoms with Crippen molar-refractivity contribution in [2.45, 2.75) is 38.6 Å². The lowest BCUT2D eigenvalue weighted by atomic mass is 10.2. The number of carbonyl (C=O) groups excluding carboxylic acids is 1. The predicted octanol–water partition coefficient (Wildman–Crippen LogP) is 1.61. The largest absolute Gasteiger partial charge is 0.397 e. The standard InChI is InChI=1S/C13H19N3O/c1-2-7-16(12-5-6-12)13(17)8-11-4-3-10(14)9-15-11/h3-4,9,12H,2,5-8,14H2,1H3. The van der Waals surface area contributed by atoms with E-state index in [0.29, 0.717) is 18.2 Å². The molecule has 1 heterocycles. The first kappa shape index (κ1) is 11.9. The molecule has 0 bridgehead atoms. The van der Waals surface area contributed by atoms with E-state index in [0.717, 1.165) is 31.5 Å². The van der Waals surface area contributed by atoms with Crippen LogP contribution in [0.15, 0.2) is 18.3 Å². The summed E-state index contributed by atoms with van der Waals surface area (Å²) in [7, 11) is 0. The van der Waals surface area contributed by atoms with Crippen LogP contribution in [0.5, 0.6) is 0 Å². The van der Waals surface area contributed by atoms with Gasteiger partial charge >= 0.3 is 0 Å². The molecular weight excluding hydrogens is 214 g/mol. The second kappa shape index (κ2) is 5.17. The van der Waals surface area contributed by atoms with Crippen LogP contribution in [0, 0.1) is 0 Å². The molecule has 1 aromatic heterocycles. The van der Waals surface area contributed by atoms with Gasteiger partial charge in [-0.15, -0.1) is 0 Å². The molecule has 0 aliphatic heterocycles. The first-order valence-electron chi connectivity index (χ1n) is 6.20. The van der Waals surface area contributed by atoms with Crippen LogP contribution >= 0.6 is 0 Å². The Hall–Kier alpha value is -1.58. The molecule has 0 radical (unpaired) electrons. The molecule has 1 saturated carbocycles. The Morgan fingerprint density at radius 1 is 1.53 bits per heavy atom. The van der Waals surface area contributed by atoms with Crippen LogP contribution in [0.2, 0.25) is 0 Å². The van der Waals surface area contributed by atoms with Gasteiger partial charge in [0.1, 0.15) is 0 Å². The van der Waals surface area contributed by atoms with Crippen molar-refractivity contribution in [3.05, 3.63) is 24.0 Å². The van der Waals surface area contributed by atoms with Gasteiger partial charge in [0.2, 0.25) is 5.91 Å². The summed E-state index contributed by atoms with van der Waals surface area (Å²) in [5, 5.41) is 0. The number of nitrogens with two attached hydrogens (primary N) is 1. The van der Waals surface area contributed by atoms with E-state index in [1.807, 2.05) is 11.0 Å². The molecule has 0 unspecified atom stereocenters. The Morgan fingerprint density at radius 3 is 2.82 bits per heavy atom. The maximum atomic E-state index is 12.1. The highest BCUT2D eigenvalue weighted by Crippen LogP contribution is 2.27. The molecule has 2 rings (SSSR count). The molecule has 0 atom stereocenters. The summed E-state index contributed by atoms with van der Waals surface area (Å²) in [5.41, 5.74) is 7.00. The van der Waals surface area contributed by atoms with Crippen LogP contribution in [0.1, 0.15) is 31.9 Å². The van der Waals surface area contributed by atoms with Gasteiger partial charge < -0.3 is 10.6 Å². The minimum Gasteiger partial charge on any atom is -0.397 e. The molecule has 92 valence electrons. The number of nitrogens with zero attached hydrogens (tertiary/aromatic N) is 2. The molecule has 17 heavy (non-hydrogen) atoms. The van der Waals surface area contributed by atoms with E-state index >= 15 is 0 Å². The van der Waals surface area contributed by atoms with E-state index in [9.17, 15) is 4.79 Å². The highest BCUT2D eigenvalue weighted by atomic mass is 16.2. The summed E-state index contributed by atoms with van der Waals surface area (Å²) >= 11 is 0. The molecule has 4 heteroatoms. The normalized spacial score (nSPS) is 14.6. The number of carbonyl (C=O) groups is 1. The highest BCUT2D eigenvalue weighted by Gasteiger charge is 2.31. The number of rotatable bonds is 5. The van der Waals surface area contributed by atoms with Crippen LogP contribution in [0.25, 0.3) is 0 Å². The molecule has 1 fully saturated rings. The lowest BCUT2D eigenvalue weighted by Crippen LogP contribution is -2.35. The van der Waals surface area contributed by atoms with Gasteiger partial charge in [0.25, 0.3) is 0 Å². The van der Waals surface area contributed by atoms with Crippen LogP contribution in [0.4, 0.5) is 5.69 Å². The number of amides is 1. The SMILES string of the molecule is CCCN(C(=O)Cc1ccc(N)cn1)C1CC1. The van der Waals surface area contributed by atoms with Crippen molar-refractivity contribution >= 4 is 11.6 Å². The molecule has 1 amide bonds. The van der Waals surface area contributed by atoms with Gasteiger partial charge in [-0.25, -0.2) is 0 Å². The second-order valence-electron chi connectivity index (χ2n) is 4.58. The van der Waals surface area contributed by atoms with Gasteiger partial charge in [0.05, 0.1) is 18.3 Å². The van der Waals surface area contributed by atoms with Crippen molar-refractivity contribution in [1.29, 1.82) is 0 Å². The van der Waals surface area contributed by atoms with Gasteiger partial charge in [-0.2, -0.15) is 0 Å². The lowest BCUT2D eigenvalue weighted by Gasteiger charge is -2.21. The molecule has 1 aliphatic carbocycles. The summed E-state index contributed by atoms with van der Waals surface area (Å²) in [6.07, 6.45) is 5.31. The van der Waals surface area contributed by atoms with Crippen LogP contribution in [-0.2, 0) is 11.2 Å². The maximum Gasteiger partial charge on any atom is 0.228 e. The molecule has 4 nitrogen and oxygen atoms in total. The minimum absolute atomic E-state index is 0.187. The molecular formula is C13H19N3O. The molecule has 0 saturated heterocycles. The smallest absolute Gasteiger partial charge is 0.228 e. The summed E-state index contributed by atoms with van der Waals surface area (Å²) in [6.45, 7) is 2.96. The Morgan fingerprint density at radius 2 is 2.29 bits per heavy atom. The van der Waals surface area contributed by atoms with Crippen molar-refractivity contribution in [3.8, 4) is 0 Å². The van der Waals surface area contributed by atoms with E-state index in [2.05, 4.69) is 11.9 Å². The van der Waals surface area contributed by atoms with Gasteiger partial charge in [-0.05, 0) is 31.4 Å². The molecule has 2 N–H and O–H groups in total. The van der Waals surface area contributed by atoms with Crippen LogP contribution < -0.4 is 5.73 Å². The van der Waals surface area contributed by atoms with Crippen molar-refractivity contribution in [1.82, 2.24) is 9.88 Å². The van der Waals surface area contributed by atoms with Crippen molar-refractivity contribution in [3.63, 3.8) is 0 Å². The van der Waals surface area contributed by atoms with Gasteiger partial charge in [-0.1, -0.05) is 6.92 Å². The number of anilines is 1. The fourth-order valence-electron chi connectivity index (χ4n) is 1.94.